The maximum Gasteiger partial charge on any atom is 0.354 e. The highest BCUT2D eigenvalue weighted by Gasteiger charge is 2.56. The lowest BCUT2D eigenvalue weighted by Gasteiger charge is -2.40. The Balaban J connectivity index is 1.41. The first-order valence-corrected chi connectivity index (χ1v) is 15.6. The fraction of sp³-hybridized carbons (Fsp3) is 0.382. The van der Waals surface area contributed by atoms with Crippen LogP contribution in [0.5, 0.6) is 0 Å². The molecule has 0 amide bonds. The van der Waals surface area contributed by atoms with Crippen molar-refractivity contribution in [1.29, 1.82) is 0 Å². The number of fused-ring (bicyclic) bond motifs is 1. The molecule has 0 spiro atoms. The van der Waals surface area contributed by atoms with Crippen molar-refractivity contribution < 1.29 is 23.0 Å². The summed E-state index contributed by atoms with van der Waals surface area (Å²) in [6.45, 7) is 8.53. The van der Waals surface area contributed by atoms with Crippen LogP contribution in [0.2, 0.25) is 10.0 Å². The first-order valence-electron chi connectivity index (χ1n) is 14.9. The zero-order valence-corrected chi connectivity index (χ0v) is 27.2. The second-order valence-corrected chi connectivity index (χ2v) is 13.5. The van der Waals surface area contributed by atoms with Crippen LogP contribution in [0, 0.1) is 17.0 Å². The number of aromatic nitrogens is 1. The molecule has 0 bridgehead atoms. The molecule has 4 atom stereocenters. The van der Waals surface area contributed by atoms with Crippen LogP contribution in [0.4, 0.5) is 14.5 Å². The largest absolute Gasteiger partial charge is 0.461 e. The molecule has 1 aromatic heterocycles. The molecule has 7 nitrogen and oxygen atoms in total. The topological polar surface area (TPSA) is 101 Å². The molecule has 1 aliphatic rings. The van der Waals surface area contributed by atoms with Gasteiger partial charge in [0.2, 0.25) is 0 Å². The number of hydrogen-bond donors (Lipinski definition) is 4. The van der Waals surface area contributed by atoms with Crippen molar-refractivity contribution in [2.45, 2.75) is 57.7 Å². The first-order chi connectivity index (χ1) is 21.3. The van der Waals surface area contributed by atoms with E-state index in [0.29, 0.717) is 12.1 Å². The maximum atomic E-state index is 15.7. The summed E-state index contributed by atoms with van der Waals surface area (Å²) in [5, 5.41) is 7.85. The molecule has 0 radical (unpaired) electrons. The van der Waals surface area contributed by atoms with Gasteiger partial charge in [-0.25, -0.2) is 13.6 Å². The van der Waals surface area contributed by atoms with E-state index >= 15 is 8.78 Å². The summed E-state index contributed by atoms with van der Waals surface area (Å²) in [6, 6.07) is 15.6. The van der Waals surface area contributed by atoms with Gasteiger partial charge in [-0.2, -0.15) is 0 Å². The van der Waals surface area contributed by atoms with Crippen molar-refractivity contribution in [3.63, 3.8) is 0 Å². The van der Waals surface area contributed by atoms with E-state index in [1.54, 1.807) is 37.3 Å². The molecule has 2 heterocycles. The van der Waals surface area contributed by atoms with Gasteiger partial charge in [0, 0.05) is 45.2 Å². The lowest BCUT2D eigenvalue weighted by Crippen LogP contribution is -2.52. The van der Waals surface area contributed by atoms with Crippen LogP contribution in [0.25, 0.3) is 10.9 Å². The molecular formula is C34H38Cl2F2N4O3. The molecule has 4 unspecified atom stereocenters. The van der Waals surface area contributed by atoms with E-state index in [9.17, 15) is 4.79 Å². The molecule has 4 aromatic rings. The quantitative estimate of drug-likeness (QED) is 0.0790. The van der Waals surface area contributed by atoms with Crippen LogP contribution in [0.1, 0.15) is 61.6 Å². The van der Waals surface area contributed by atoms with Crippen LogP contribution in [0.15, 0.2) is 60.7 Å². The number of aromatic amines is 1. The van der Waals surface area contributed by atoms with Gasteiger partial charge in [-0.05, 0) is 66.8 Å². The third kappa shape index (κ3) is 6.98. The number of ether oxygens (including phenoxy) is 2. The number of nitrogens with one attached hydrogen (secondary N) is 3. The Bertz CT molecular complexity index is 1690. The highest BCUT2D eigenvalue weighted by atomic mass is 35.5. The Hall–Kier alpha value is -3.21. The minimum Gasteiger partial charge on any atom is -0.461 e. The van der Waals surface area contributed by atoms with Gasteiger partial charge in [0.1, 0.15) is 24.1 Å². The molecule has 1 aliphatic heterocycles. The summed E-state index contributed by atoms with van der Waals surface area (Å²) in [7, 11) is 0. The number of carbonyl (C=O) groups is 1. The third-order valence-corrected chi connectivity index (χ3v) is 8.76. The third-order valence-electron chi connectivity index (χ3n) is 8.23. The van der Waals surface area contributed by atoms with E-state index < -0.39 is 41.1 Å². The number of esters is 1. The van der Waals surface area contributed by atoms with Crippen LogP contribution in [-0.4, -0.2) is 43.0 Å². The average molecular weight is 660 g/mol. The fourth-order valence-electron chi connectivity index (χ4n) is 6.34. The second kappa shape index (κ2) is 13.3. The normalized spacial score (nSPS) is 21.8. The Morgan fingerprint density at radius 3 is 2.58 bits per heavy atom. The van der Waals surface area contributed by atoms with Gasteiger partial charge in [-0.3, -0.25) is 0 Å². The summed E-state index contributed by atoms with van der Waals surface area (Å²) in [5.41, 5.74) is 8.19. The summed E-state index contributed by atoms with van der Waals surface area (Å²) in [4.78, 5) is 15.2. The van der Waals surface area contributed by atoms with Crippen LogP contribution in [0.3, 0.4) is 0 Å². The van der Waals surface area contributed by atoms with E-state index in [4.69, 9.17) is 38.4 Å². The van der Waals surface area contributed by atoms with Crippen molar-refractivity contribution in [2.24, 2.45) is 11.1 Å². The molecule has 45 heavy (non-hydrogen) atoms. The molecule has 3 aromatic carbocycles. The number of halogens is 4. The predicted octanol–water partition coefficient (Wildman–Crippen LogP) is 7.73. The number of benzene rings is 3. The number of nitrogens with two attached hydrogens (primary N) is 1. The van der Waals surface area contributed by atoms with Crippen molar-refractivity contribution >= 4 is 45.8 Å². The molecule has 0 saturated carbocycles. The SMILES string of the molecule is CCOC(=O)c1cc2cc(NCOCC3NC(CC(C)(C)C)C(N)(c4ccc(Cl)cc4F)C3c3cccc(Cl)c3F)ccc2[nH]1. The Kier molecular flexibility index (Phi) is 9.77. The first kappa shape index (κ1) is 33.2. The maximum absolute atomic E-state index is 15.7. The van der Waals surface area contributed by atoms with Crippen molar-refractivity contribution in [1.82, 2.24) is 10.3 Å². The van der Waals surface area contributed by atoms with Crippen molar-refractivity contribution in [3.8, 4) is 0 Å². The fourth-order valence-corrected chi connectivity index (χ4v) is 6.68. The van der Waals surface area contributed by atoms with E-state index in [1.807, 2.05) is 18.2 Å². The Labute approximate surface area is 271 Å². The molecule has 1 fully saturated rings. The smallest absolute Gasteiger partial charge is 0.354 e. The standard InChI is InChI=1S/C34H38Cl2F2N4O3/c1-5-45-32(43)27-14-19-13-21(10-12-26(19)41-27)40-18-44-17-28-30(22-7-6-8-24(36)31(22)38)34(39,29(42-28)16-33(2,3)4)23-11-9-20(35)15-25(23)37/h6-15,28-30,40-42H,5,16-18,39H2,1-4H3. The lowest BCUT2D eigenvalue weighted by molar-refractivity contribution is 0.0520. The summed E-state index contributed by atoms with van der Waals surface area (Å²) in [5.74, 6) is -2.32. The lowest BCUT2D eigenvalue weighted by atomic mass is 9.68. The summed E-state index contributed by atoms with van der Waals surface area (Å²) >= 11 is 12.4. The average Bonchev–Trinajstić information content (AvgIpc) is 3.51. The number of rotatable bonds is 10. The minimum atomic E-state index is -1.37. The Morgan fingerprint density at radius 1 is 1.09 bits per heavy atom. The molecular weight excluding hydrogens is 621 g/mol. The van der Waals surface area contributed by atoms with Gasteiger partial charge in [0.25, 0.3) is 0 Å². The minimum absolute atomic E-state index is 0.0432. The second-order valence-electron chi connectivity index (χ2n) is 12.7. The summed E-state index contributed by atoms with van der Waals surface area (Å²) in [6.07, 6.45) is 0.573. The highest BCUT2D eigenvalue weighted by molar-refractivity contribution is 6.31. The highest BCUT2D eigenvalue weighted by Crippen LogP contribution is 2.49. The zero-order chi connectivity index (χ0) is 32.5. The van der Waals surface area contributed by atoms with E-state index in [-0.39, 0.29) is 46.5 Å². The molecule has 5 N–H and O–H groups in total. The Morgan fingerprint density at radius 2 is 1.87 bits per heavy atom. The van der Waals surface area contributed by atoms with E-state index in [0.717, 1.165) is 16.6 Å². The molecule has 240 valence electrons. The van der Waals surface area contributed by atoms with Gasteiger partial charge in [-0.1, -0.05) is 62.2 Å². The number of H-pyrrole nitrogens is 1. The van der Waals surface area contributed by atoms with Crippen LogP contribution < -0.4 is 16.4 Å². The number of anilines is 1. The van der Waals surface area contributed by atoms with E-state index in [2.05, 4.69) is 36.4 Å². The van der Waals surface area contributed by atoms with Gasteiger partial charge in [-0.15, -0.1) is 0 Å². The van der Waals surface area contributed by atoms with Gasteiger partial charge in [0.05, 0.1) is 23.8 Å². The zero-order valence-electron chi connectivity index (χ0n) is 25.6. The molecule has 5 rings (SSSR count). The van der Waals surface area contributed by atoms with Crippen molar-refractivity contribution in [3.05, 3.63) is 99.2 Å². The van der Waals surface area contributed by atoms with Crippen LogP contribution >= 0.6 is 23.2 Å². The molecule has 0 aliphatic carbocycles. The van der Waals surface area contributed by atoms with Gasteiger partial charge < -0.3 is 30.8 Å². The summed E-state index contributed by atoms with van der Waals surface area (Å²) < 4.78 is 42.6. The van der Waals surface area contributed by atoms with E-state index in [1.165, 1.54) is 12.1 Å². The number of hydrogen-bond acceptors (Lipinski definition) is 6. The van der Waals surface area contributed by atoms with Gasteiger partial charge in [0.15, 0.2) is 0 Å². The van der Waals surface area contributed by atoms with Crippen molar-refractivity contribution in [2.75, 3.05) is 25.3 Å². The number of carbonyl (C=O) groups excluding carboxylic acids is 1. The monoisotopic (exact) mass is 658 g/mol. The van der Waals surface area contributed by atoms with Crippen LogP contribution in [-0.2, 0) is 15.0 Å². The molecule has 1 saturated heterocycles. The predicted molar refractivity (Wildman–Crippen MR) is 175 cm³/mol. The van der Waals surface area contributed by atoms with Gasteiger partial charge >= 0.3 is 5.97 Å². The molecule has 11 heteroatoms.